The number of nitrogens with one attached hydrogen (secondary N) is 1. The van der Waals surface area contributed by atoms with Gasteiger partial charge in [-0.2, -0.15) is 0 Å². The number of carbonyl (C=O) groups is 1. The minimum atomic E-state index is -0.0706. The number of nitrogens with zero attached hydrogens (tertiary/aromatic N) is 5. The number of thiazole rings is 1. The van der Waals surface area contributed by atoms with E-state index in [0.29, 0.717) is 11.4 Å². The predicted molar refractivity (Wildman–Crippen MR) is 86.5 cm³/mol. The fourth-order valence-corrected chi connectivity index (χ4v) is 3.39. The second kappa shape index (κ2) is 5.45. The van der Waals surface area contributed by atoms with Crippen LogP contribution in [-0.4, -0.2) is 38.9 Å². The van der Waals surface area contributed by atoms with Crippen molar-refractivity contribution in [2.24, 2.45) is 7.05 Å². The first-order chi connectivity index (χ1) is 10.5. The highest BCUT2D eigenvalue weighted by Gasteiger charge is 2.16. The van der Waals surface area contributed by atoms with Crippen molar-refractivity contribution in [2.45, 2.75) is 13.5 Å². The van der Waals surface area contributed by atoms with Crippen molar-refractivity contribution in [2.75, 3.05) is 19.0 Å². The Bertz CT molecular complexity index is 828. The summed E-state index contributed by atoms with van der Waals surface area (Å²) < 4.78 is 3.89. The van der Waals surface area contributed by atoms with Crippen molar-refractivity contribution < 1.29 is 4.79 Å². The molecule has 0 bridgehead atoms. The maximum absolute atomic E-state index is 12.4. The van der Waals surface area contributed by atoms with Crippen LogP contribution in [0.1, 0.15) is 21.1 Å². The lowest BCUT2D eigenvalue weighted by molar-refractivity contribution is 0.0953. The summed E-state index contributed by atoms with van der Waals surface area (Å²) in [6, 6.07) is 0. The largest absolute Gasteiger partial charge is 0.348 e. The van der Waals surface area contributed by atoms with Crippen LogP contribution in [0.5, 0.6) is 0 Å². The number of amides is 1. The van der Waals surface area contributed by atoms with E-state index in [1.807, 2.05) is 41.9 Å². The number of hydrogen-bond acceptors (Lipinski definition) is 5. The molecule has 7 nitrogen and oxygen atoms in total. The van der Waals surface area contributed by atoms with Gasteiger partial charge in [0.25, 0.3) is 5.91 Å². The Kier molecular flexibility index (Phi) is 3.61. The lowest BCUT2D eigenvalue weighted by Crippen LogP contribution is -2.24. The molecule has 0 atom stereocenters. The van der Waals surface area contributed by atoms with Crippen molar-refractivity contribution in [3.05, 3.63) is 35.0 Å². The van der Waals surface area contributed by atoms with Gasteiger partial charge in [-0.1, -0.05) is 0 Å². The molecule has 0 aromatic carbocycles. The van der Waals surface area contributed by atoms with Crippen LogP contribution in [0.15, 0.2) is 18.7 Å². The topological polar surface area (TPSA) is 67.5 Å². The summed E-state index contributed by atoms with van der Waals surface area (Å²) in [6.45, 7) is 2.37. The van der Waals surface area contributed by atoms with Crippen LogP contribution in [0.3, 0.4) is 0 Å². The molecule has 0 saturated carbocycles. The Hall–Kier alpha value is -2.35. The smallest absolute Gasteiger partial charge is 0.263 e. The minimum Gasteiger partial charge on any atom is -0.348 e. The number of anilines is 1. The van der Waals surface area contributed by atoms with Gasteiger partial charge in [0, 0.05) is 26.8 Å². The van der Waals surface area contributed by atoms with Crippen LogP contribution in [0.25, 0.3) is 4.83 Å². The number of aromatic nitrogens is 4. The molecule has 1 amide bonds. The monoisotopic (exact) mass is 318 g/mol. The molecule has 3 heterocycles. The van der Waals surface area contributed by atoms with Crippen molar-refractivity contribution in [1.29, 1.82) is 0 Å². The molecule has 0 aliphatic rings. The van der Waals surface area contributed by atoms with E-state index < -0.39 is 0 Å². The Morgan fingerprint density at radius 1 is 1.41 bits per heavy atom. The fraction of sp³-hybridized carbons (Fsp3) is 0.357. The van der Waals surface area contributed by atoms with Gasteiger partial charge >= 0.3 is 0 Å². The number of carbonyl (C=O) groups excluding carboxylic acids is 1. The highest BCUT2D eigenvalue weighted by molar-refractivity contribution is 7.19. The highest BCUT2D eigenvalue weighted by Crippen LogP contribution is 2.22. The molecular weight excluding hydrogens is 300 g/mol. The van der Waals surface area contributed by atoms with Crippen molar-refractivity contribution >= 4 is 28.0 Å². The van der Waals surface area contributed by atoms with Gasteiger partial charge in [-0.05, 0) is 6.92 Å². The molecule has 0 radical (unpaired) electrons. The molecule has 0 spiro atoms. The van der Waals surface area contributed by atoms with Crippen LogP contribution >= 0.6 is 11.3 Å². The first kappa shape index (κ1) is 14.6. The van der Waals surface area contributed by atoms with Crippen molar-refractivity contribution in [1.82, 2.24) is 24.3 Å². The molecule has 3 aromatic rings. The van der Waals surface area contributed by atoms with E-state index in [-0.39, 0.29) is 5.91 Å². The molecule has 0 aliphatic carbocycles. The molecule has 0 aliphatic heterocycles. The normalized spacial score (nSPS) is 11.1. The van der Waals surface area contributed by atoms with E-state index >= 15 is 0 Å². The van der Waals surface area contributed by atoms with Gasteiger partial charge in [-0.15, -0.1) is 11.3 Å². The summed E-state index contributed by atoms with van der Waals surface area (Å²) in [5.74, 6) is 0.788. The van der Waals surface area contributed by atoms with Gasteiger partial charge in [0.1, 0.15) is 16.0 Å². The van der Waals surface area contributed by atoms with E-state index in [0.717, 1.165) is 22.2 Å². The second-order valence-corrected chi connectivity index (χ2v) is 6.33. The lowest BCUT2D eigenvalue weighted by Gasteiger charge is -2.12. The van der Waals surface area contributed by atoms with E-state index in [1.54, 1.807) is 18.7 Å². The maximum Gasteiger partial charge on any atom is 0.263 e. The molecule has 8 heteroatoms. The minimum absolute atomic E-state index is 0.0706. The van der Waals surface area contributed by atoms with Gasteiger partial charge in [0.2, 0.25) is 5.95 Å². The van der Waals surface area contributed by atoms with Crippen LogP contribution in [-0.2, 0) is 13.6 Å². The molecule has 0 fully saturated rings. The average Bonchev–Trinajstić information content (AvgIpc) is 3.14. The molecule has 116 valence electrons. The van der Waals surface area contributed by atoms with E-state index in [2.05, 4.69) is 15.3 Å². The third kappa shape index (κ3) is 2.35. The summed E-state index contributed by atoms with van der Waals surface area (Å²) >= 11 is 1.45. The standard InChI is InChI=1S/C14H18N6OS/c1-9-12(22-11-7-15-8-20(9)11)13(21)16-5-10-6-17-14(18(2)3)19(10)4/h6-8H,5H2,1-4H3,(H,16,21). The molecule has 0 unspecified atom stereocenters. The van der Waals surface area contributed by atoms with Gasteiger partial charge in [-0.3, -0.25) is 9.20 Å². The van der Waals surface area contributed by atoms with E-state index in [1.165, 1.54) is 11.3 Å². The van der Waals surface area contributed by atoms with Crippen LogP contribution in [0.4, 0.5) is 5.95 Å². The first-order valence-corrected chi connectivity index (χ1v) is 7.68. The maximum atomic E-state index is 12.4. The van der Waals surface area contributed by atoms with Gasteiger partial charge < -0.3 is 14.8 Å². The quantitative estimate of drug-likeness (QED) is 0.790. The first-order valence-electron chi connectivity index (χ1n) is 6.86. The third-order valence-corrected chi connectivity index (χ3v) is 4.79. The summed E-state index contributed by atoms with van der Waals surface area (Å²) in [5.41, 5.74) is 1.87. The van der Waals surface area contributed by atoms with Crippen LogP contribution in [0, 0.1) is 6.92 Å². The molecule has 22 heavy (non-hydrogen) atoms. The number of fused-ring (bicyclic) bond motifs is 1. The molecular formula is C14H18N6OS. The third-order valence-electron chi connectivity index (χ3n) is 3.60. The number of hydrogen-bond donors (Lipinski definition) is 1. The summed E-state index contributed by atoms with van der Waals surface area (Å²) in [4.78, 5) is 24.4. The van der Waals surface area contributed by atoms with Crippen LogP contribution in [0.2, 0.25) is 0 Å². The van der Waals surface area contributed by atoms with Gasteiger partial charge in [0.05, 0.1) is 24.6 Å². The predicted octanol–water partition coefficient (Wildman–Crippen LogP) is 1.43. The summed E-state index contributed by atoms with van der Waals surface area (Å²) in [7, 11) is 5.82. The number of imidazole rings is 2. The molecule has 1 N–H and O–H groups in total. The number of aryl methyl sites for hydroxylation is 1. The zero-order chi connectivity index (χ0) is 15.9. The Balaban J connectivity index is 1.75. The zero-order valence-corrected chi connectivity index (χ0v) is 13.8. The SMILES string of the molecule is Cc1c(C(=O)NCc2cnc(N(C)C)n2C)sc2cncn12. The molecule has 3 rings (SSSR count). The van der Waals surface area contributed by atoms with Crippen LogP contribution < -0.4 is 10.2 Å². The van der Waals surface area contributed by atoms with E-state index in [9.17, 15) is 4.79 Å². The second-order valence-electron chi connectivity index (χ2n) is 5.30. The number of rotatable bonds is 4. The van der Waals surface area contributed by atoms with Gasteiger partial charge in [0.15, 0.2) is 0 Å². The Morgan fingerprint density at radius 2 is 2.18 bits per heavy atom. The summed E-state index contributed by atoms with van der Waals surface area (Å²) in [5, 5.41) is 2.96. The molecule has 3 aromatic heterocycles. The van der Waals surface area contributed by atoms with Gasteiger partial charge in [-0.25, -0.2) is 9.97 Å². The lowest BCUT2D eigenvalue weighted by atomic mass is 10.3. The Morgan fingerprint density at radius 3 is 2.82 bits per heavy atom. The Labute approximate surface area is 132 Å². The summed E-state index contributed by atoms with van der Waals surface area (Å²) in [6.07, 6.45) is 5.27. The zero-order valence-electron chi connectivity index (χ0n) is 13.0. The molecule has 0 saturated heterocycles. The average molecular weight is 318 g/mol. The highest BCUT2D eigenvalue weighted by atomic mass is 32.1. The van der Waals surface area contributed by atoms with Crippen molar-refractivity contribution in [3.8, 4) is 0 Å². The van der Waals surface area contributed by atoms with Crippen molar-refractivity contribution in [3.63, 3.8) is 0 Å². The van der Waals surface area contributed by atoms with E-state index in [4.69, 9.17) is 0 Å². The fourth-order valence-electron chi connectivity index (χ4n) is 2.37.